The molecule has 16 heavy (non-hydrogen) atoms. The highest BCUT2D eigenvalue weighted by molar-refractivity contribution is 6.30. The summed E-state index contributed by atoms with van der Waals surface area (Å²) in [6, 6.07) is 3.57. The van der Waals surface area contributed by atoms with Gasteiger partial charge in [0.1, 0.15) is 11.9 Å². The van der Waals surface area contributed by atoms with Gasteiger partial charge in [-0.15, -0.1) is 0 Å². The topological polar surface area (TPSA) is 63.3 Å². The Balaban J connectivity index is 2.46. The van der Waals surface area contributed by atoms with Gasteiger partial charge in [-0.3, -0.25) is 4.79 Å². The van der Waals surface area contributed by atoms with E-state index in [1.54, 1.807) is 12.1 Å². The number of hydrogen-bond acceptors (Lipinski definition) is 2. The lowest BCUT2D eigenvalue weighted by molar-refractivity contribution is -0.138. The van der Waals surface area contributed by atoms with Gasteiger partial charge in [-0.05, 0) is 37.0 Å². The van der Waals surface area contributed by atoms with E-state index in [1.807, 2.05) is 0 Å². The summed E-state index contributed by atoms with van der Waals surface area (Å²) in [6.45, 7) is 0. The van der Waals surface area contributed by atoms with Crippen LogP contribution in [0.5, 0.6) is 0 Å². The van der Waals surface area contributed by atoms with E-state index in [0.29, 0.717) is 29.8 Å². The first-order chi connectivity index (χ1) is 7.50. The third-order valence-electron chi connectivity index (χ3n) is 2.29. The van der Waals surface area contributed by atoms with E-state index in [4.69, 9.17) is 22.4 Å². The van der Waals surface area contributed by atoms with Crippen LogP contribution in [0.25, 0.3) is 0 Å². The van der Waals surface area contributed by atoms with Gasteiger partial charge in [0.15, 0.2) is 0 Å². The molecule has 3 nitrogen and oxygen atoms in total. The molecule has 0 aliphatic heterocycles. The smallest absolute Gasteiger partial charge is 0.320 e. The Bertz CT molecular complexity index is 384. The molecule has 0 fully saturated rings. The van der Waals surface area contributed by atoms with Crippen LogP contribution >= 0.6 is 11.6 Å². The number of aliphatic carboxylic acids is 1. The van der Waals surface area contributed by atoms with Crippen LogP contribution in [0.3, 0.4) is 0 Å². The average molecular weight is 246 g/mol. The monoisotopic (exact) mass is 245 g/mol. The highest BCUT2D eigenvalue weighted by Crippen LogP contribution is 2.16. The van der Waals surface area contributed by atoms with Gasteiger partial charge in [0, 0.05) is 5.02 Å². The van der Waals surface area contributed by atoms with Crippen molar-refractivity contribution in [2.45, 2.75) is 25.3 Å². The molecule has 0 saturated carbocycles. The van der Waals surface area contributed by atoms with Crippen molar-refractivity contribution in [2.75, 3.05) is 0 Å². The van der Waals surface area contributed by atoms with Crippen LogP contribution in [0.1, 0.15) is 18.4 Å². The molecule has 0 aromatic heterocycles. The molecule has 0 spiro atoms. The minimum absolute atomic E-state index is 0.331. The van der Waals surface area contributed by atoms with Crippen LogP contribution in [0, 0.1) is 5.82 Å². The summed E-state index contributed by atoms with van der Waals surface area (Å²) in [5, 5.41) is 8.90. The number of carboxylic acid groups (broad SMARTS) is 1. The Morgan fingerprint density at radius 2 is 2.25 bits per heavy atom. The normalized spacial score (nSPS) is 12.4. The number of carbonyl (C=O) groups is 1. The molecular formula is C11H13ClFNO2. The van der Waals surface area contributed by atoms with Gasteiger partial charge in [-0.1, -0.05) is 17.7 Å². The average Bonchev–Trinajstić information content (AvgIpc) is 2.20. The Kier molecular flexibility index (Phi) is 4.71. The highest BCUT2D eigenvalue weighted by Gasteiger charge is 2.11. The largest absolute Gasteiger partial charge is 0.480 e. The SMILES string of the molecule is N[C@@H](CCCc1ccc(Cl)cc1F)C(=O)O. The van der Waals surface area contributed by atoms with E-state index in [-0.39, 0.29) is 5.82 Å². The van der Waals surface area contributed by atoms with Crippen LogP contribution in [-0.2, 0) is 11.2 Å². The molecule has 3 N–H and O–H groups in total. The fourth-order valence-corrected chi connectivity index (χ4v) is 1.52. The number of rotatable bonds is 5. The summed E-state index contributed by atoms with van der Waals surface area (Å²) < 4.78 is 13.3. The van der Waals surface area contributed by atoms with E-state index < -0.39 is 12.0 Å². The van der Waals surface area contributed by atoms with Gasteiger partial charge in [-0.2, -0.15) is 0 Å². The van der Waals surface area contributed by atoms with Gasteiger partial charge < -0.3 is 10.8 Å². The highest BCUT2D eigenvalue weighted by atomic mass is 35.5. The van der Waals surface area contributed by atoms with Gasteiger partial charge >= 0.3 is 5.97 Å². The molecule has 0 heterocycles. The maximum atomic E-state index is 13.3. The fraction of sp³-hybridized carbons (Fsp3) is 0.364. The van der Waals surface area contributed by atoms with Crippen molar-refractivity contribution in [1.82, 2.24) is 0 Å². The first kappa shape index (κ1) is 12.9. The van der Waals surface area contributed by atoms with E-state index in [9.17, 15) is 9.18 Å². The minimum atomic E-state index is -1.03. The number of aryl methyl sites for hydroxylation is 1. The number of nitrogens with two attached hydrogens (primary N) is 1. The van der Waals surface area contributed by atoms with Gasteiger partial charge in [0.2, 0.25) is 0 Å². The molecule has 88 valence electrons. The Hall–Kier alpha value is -1.13. The lowest BCUT2D eigenvalue weighted by atomic mass is 10.0. The molecule has 0 aliphatic rings. The van der Waals surface area contributed by atoms with Gasteiger partial charge in [0.05, 0.1) is 0 Å². The van der Waals surface area contributed by atoms with Crippen molar-refractivity contribution in [3.63, 3.8) is 0 Å². The van der Waals surface area contributed by atoms with Crippen LogP contribution in [0.4, 0.5) is 4.39 Å². The quantitative estimate of drug-likeness (QED) is 0.836. The molecule has 0 amide bonds. The van der Waals surface area contributed by atoms with Crippen molar-refractivity contribution in [2.24, 2.45) is 5.73 Å². The van der Waals surface area contributed by atoms with Crippen molar-refractivity contribution in [3.05, 3.63) is 34.6 Å². The second-order valence-electron chi connectivity index (χ2n) is 3.57. The predicted octanol–water partition coefficient (Wildman–Crippen LogP) is 2.21. The fourth-order valence-electron chi connectivity index (χ4n) is 1.36. The molecule has 0 aliphatic carbocycles. The van der Waals surface area contributed by atoms with E-state index in [2.05, 4.69) is 0 Å². The summed E-state index contributed by atoms with van der Waals surface area (Å²) >= 11 is 5.61. The molecule has 1 atom stereocenters. The predicted molar refractivity (Wildman–Crippen MR) is 60.0 cm³/mol. The Labute approximate surface area is 98.0 Å². The summed E-state index contributed by atoms with van der Waals surface area (Å²) in [5.41, 5.74) is 5.86. The Morgan fingerprint density at radius 1 is 1.56 bits per heavy atom. The van der Waals surface area contributed by atoms with Crippen molar-refractivity contribution in [3.8, 4) is 0 Å². The van der Waals surface area contributed by atoms with Gasteiger partial charge in [0.25, 0.3) is 0 Å². The second kappa shape index (κ2) is 5.82. The van der Waals surface area contributed by atoms with Crippen molar-refractivity contribution >= 4 is 17.6 Å². The molecule has 0 saturated heterocycles. The zero-order valence-electron chi connectivity index (χ0n) is 8.62. The van der Waals surface area contributed by atoms with Crippen molar-refractivity contribution in [1.29, 1.82) is 0 Å². The third kappa shape index (κ3) is 3.79. The number of halogens is 2. The molecular weight excluding hydrogens is 233 g/mol. The zero-order valence-corrected chi connectivity index (χ0v) is 9.38. The van der Waals surface area contributed by atoms with E-state index >= 15 is 0 Å². The first-order valence-electron chi connectivity index (χ1n) is 4.93. The lowest BCUT2D eigenvalue weighted by Crippen LogP contribution is -2.29. The van der Waals surface area contributed by atoms with Crippen LogP contribution in [0.15, 0.2) is 18.2 Å². The molecule has 0 unspecified atom stereocenters. The number of hydrogen-bond donors (Lipinski definition) is 2. The van der Waals surface area contributed by atoms with E-state index in [1.165, 1.54) is 6.07 Å². The first-order valence-corrected chi connectivity index (χ1v) is 5.31. The third-order valence-corrected chi connectivity index (χ3v) is 2.53. The van der Waals surface area contributed by atoms with E-state index in [0.717, 1.165) is 0 Å². The zero-order chi connectivity index (χ0) is 12.1. The summed E-state index contributed by atoms with van der Waals surface area (Å²) in [4.78, 5) is 10.4. The molecule has 1 rings (SSSR count). The summed E-state index contributed by atoms with van der Waals surface area (Å²) in [6.07, 6.45) is 1.33. The number of benzene rings is 1. The van der Waals surface area contributed by atoms with Crippen LogP contribution in [-0.4, -0.2) is 17.1 Å². The molecule has 1 aromatic carbocycles. The van der Waals surface area contributed by atoms with Gasteiger partial charge in [-0.25, -0.2) is 4.39 Å². The van der Waals surface area contributed by atoms with Crippen LogP contribution < -0.4 is 5.73 Å². The minimum Gasteiger partial charge on any atom is -0.480 e. The standard InChI is InChI=1S/C11H13ClFNO2/c12-8-5-4-7(9(13)6-8)2-1-3-10(14)11(15)16/h4-6,10H,1-3,14H2,(H,15,16)/t10-/m0/s1. The van der Waals surface area contributed by atoms with Crippen LogP contribution in [0.2, 0.25) is 5.02 Å². The molecule has 0 radical (unpaired) electrons. The maximum Gasteiger partial charge on any atom is 0.320 e. The molecule has 1 aromatic rings. The maximum absolute atomic E-state index is 13.3. The summed E-state index contributed by atoms with van der Waals surface area (Å²) in [5.74, 6) is -1.40. The lowest BCUT2D eigenvalue weighted by Gasteiger charge is -2.06. The molecule has 5 heteroatoms. The summed E-state index contributed by atoms with van der Waals surface area (Å²) in [7, 11) is 0. The number of carboxylic acids is 1. The second-order valence-corrected chi connectivity index (χ2v) is 4.01. The molecule has 0 bridgehead atoms. The van der Waals surface area contributed by atoms with Crippen molar-refractivity contribution < 1.29 is 14.3 Å². The Morgan fingerprint density at radius 3 is 2.81 bits per heavy atom.